The second kappa shape index (κ2) is 7.48. The fourth-order valence-corrected chi connectivity index (χ4v) is 3.33. The molecule has 2 aromatic carbocycles. The average molecular weight is 359 g/mol. The van der Waals surface area contributed by atoms with Crippen LogP contribution in [-0.2, 0) is 12.0 Å². The van der Waals surface area contributed by atoms with Crippen molar-refractivity contribution in [3.8, 4) is 0 Å². The first-order chi connectivity index (χ1) is 12.8. The molecule has 0 amide bonds. The maximum Gasteiger partial charge on any atom is 0.193 e. The van der Waals surface area contributed by atoms with Crippen LogP contribution >= 0.6 is 0 Å². The van der Waals surface area contributed by atoms with Crippen LogP contribution in [0, 0.1) is 13.8 Å². The molecule has 3 rings (SSSR count). The molecule has 0 aliphatic rings. The molecule has 1 aromatic heterocycles. The van der Waals surface area contributed by atoms with E-state index in [9.17, 15) is 4.79 Å². The summed E-state index contributed by atoms with van der Waals surface area (Å²) < 4.78 is 2.13. The summed E-state index contributed by atoms with van der Waals surface area (Å²) in [6.45, 7) is 11.9. The Balaban J connectivity index is 1.82. The van der Waals surface area contributed by atoms with Gasteiger partial charge in [0, 0.05) is 28.8 Å². The summed E-state index contributed by atoms with van der Waals surface area (Å²) in [6.07, 6.45) is 3.99. The molecule has 0 fully saturated rings. The molecule has 0 spiro atoms. The highest BCUT2D eigenvalue weighted by Crippen LogP contribution is 2.26. The second-order valence-electron chi connectivity index (χ2n) is 8.29. The number of benzene rings is 2. The van der Waals surface area contributed by atoms with Crippen LogP contribution in [0.4, 0.5) is 0 Å². The fourth-order valence-electron chi connectivity index (χ4n) is 3.33. The van der Waals surface area contributed by atoms with E-state index in [1.807, 2.05) is 54.9 Å². The van der Waals surface area contributed by atoms with Gasteiger partial charge in [0.25, 0.3) is 0 Å². The first-order valence-electron chi connectivity index (χ1n) is 9.45. The van der Waals surface area contributed by atoms with Crippen LogP contribution in [0.15, 0.2) is 67.0 Å². The van der Waals surface area contributed by atoms with Gasteiger partial charge in [0.15, 0.2) is 24.7 Å². The number of aryl methyl sites for hydroxylation is 2. The molecular weight excluding hydrogens is 330 g/mol. The van der Waals surface area contributed by atoms with Crippen molar-refractivity contribution >= 4 is 5.78 Å². The van der Waals surface area contributed by atoms with Gasteiger partial charge in [-0.15, -0.1) is 0 Å². The van der Waals surface area contributed by atoms with E-state index in [2.05, 4.69) is 51.3 Å². The van der Waals surface area contributed by atoms with Gasteiger partial charge in [0.2, 0.25) is 0 Å². The highest BCUT2D eigenvalue weighted by Gasteiger charge is 2.18. The van der Waals surface area contributed by atoms with Gasteiger partial charge in [-0.1, -0.05) is 63.2 Å². The Hall–Kier alpha value is -2.74. The predicted molar refractivity (Wildman–Crippen MR) is 110 cm³/mol. The number of hydrogen-bond donors (Lipinski definition) is 0. The number of pyridine rings is 1. The fraction of sp³-hybridized carbons (Fsp3) is 0.280. The van der Waals surface area contributed by atoms with Crippen molar-refractivity contribution in [3.63, 3.8) is 0 Å². The third-order valence-electron chi connectivity index (χ3n) is 5.09. The van der Waals surface area contributed by atoms with Crippen molar-refractivity contribution in [2.24, 2.45) is 0 Å². The van der Waals surface area contributed by atoms with Crippen molar-refractivity contribution in [2.75, 3.05) is 0 Å². The molecule has 3 aromatic rings. The standard InChI is InChI=1S/C25H28NO/c1-18-15-22(25(3,4)5)16-19(2)23(18)17-26-13-11-21(12-14-26)24(27)20-9-7-6-8-10-20/h6-16H,17H2,1-5H3/q+1. The van der Waals surface area contributed by atoms with Crippen LogP contribution in [0.3, 0.4) is 0 Å². The Morgan fingerprint density at radius 2 is 1.37 bits per heavy atom. The van der Waals surface area contributed by atoms with Crippen molar-refractivity contribution in [1.82, 2.24) is 0 Å². The van der Waals surface area contributed by atoms with E-state index < -0.39 is 0 Å². The normalized spacial score (nSPS) is 11.4. The molecule has 2 heteroatoms. The summed E-state index contributed by atoms with van der Waals surface area (Å²) >= 11 is 0. The summed E-state index contributed by atoms with van der Waals surface area (Å²) in [4.78, 5) is 12.5. The lowest BCUT2D eigenvalue weighted by molar-refractivity contribution is -0.688. The summed E-state index contributed by atoms with van der Waals surface area (Å²) in [5.74, 6) is 0.0599. The van der Waals surface area contributed by atoms with Gasteiger partial charge in [0.05, 0.1) is 0 Å². The molecule has 0 saturated heterocycles. The van der Waals surface area contributed by atoms with Crippen LogP contribution in [0.25, 0.3) is 0 Å². The maximum absolute atomic E-state index is 12.5. The van der Waals surface area contributed by atoms with Crippen LogP contribution in [-0.4, -0.2) is 5.78 Å². The zero-order valence-corrected chi connectivity index (χ0v) is 16.9. The number of hydrogen-bond acceptors (Lipinski definition) is 1. The third-order valence-corrected chi connectivity index (χ3v) is 5.09. The van der Waals surface area contributed by atoms with Crippen molar-refractivity contribution in [3.05, 3.63) is 100 Å². The predicted octanol–water partition coefficient (Wildman–Crippen LogP) is 5.17. The van der Waals surface area contributed by atoms with E-state index in [-0.39, 0.29) is 11.2 Å². The quantitative estimate of drug-likeness (QED) is 0.466. The Bertz CT molecular complexity index is 925. The van der Waals surface area contributed by atoms with E-state index >= 15 is 0 Å². The Morgan fingerprint density at radius 1 is 0.852 bits per heavy atom. The zero-order valence-electron chi connectivity index (χ0n) is 16.9. The molecule has 1 heterocycles. The summed E-state index contributed by atoms with van der Waals surface area (Å²) in [6, 6.07) is 17.8. The monoisotopic (exact) mass is 358 g/mol. The highest BCUT2D eigenvalue weighted by atomic mass is 16.1. The van der Waals surface area contributed by atoms with Gasteiger partial charge in [-0.2, -0.15) is 0 Å². The number of carbonyl (C=O) groups is 1. The maximum atomic E-state index is 12.5. The molecular formula is C25H28NO+. The largest absolute Gasteiger partial charge is 0.289 e. The van der Waals surface area contributed by atoms with Gasteiger partial charge in [-0.25, -0.2) is 4.57 Å². The van der Waals surface area contributed by atoms with Gasteiger partial charge < -0.3 is 0 Å². The van der Waals surface area contributed by atoms with E-state index in [1.165, 1.54) is 22.3 Å². The Morgan fingerprint density at radius 3 is 1.89 bits per heavy atom. The minimum Gasteiger partial charge on any atom is -0.289 e. The van der Waals surface area contributed by atoms with E-state index in [0.717, 1.165) is 12.1 Å². The Kier molecular flexibility index (Phi) is 5.27. The van der Waals surface area contributed by atoms with Gasteiger partial charge >= 0.3 is 0 Å². The van der Waals surface area contributed by atoms with Crippen molar-refractivity contribution in [1.29, 1.82) is 0 Å². The van der Waals surface area contributed by atoms with E-state index in [4.69, 9.17) is 0 Å². The number of rotatable bonds is 4. The molecule has 0 saturated carbocycles. The molecule has 0 atom stereocenters. The van der Waals surface area contributed by atoms with Crippen molar-refractivity contribution < 1.29 is 9.36 Å². The number of ketones is 1. The van der Waals surface area contributed by atoms with Crippen molar-refractivity contribution in [2.45, 2.75) is 46.6 Å². The lowest BCUT2D eigenvalue weighted by Gasteiger charge is -2.21. The highest BCUT2D eigenvalue weighted by molar-refractivity contribution is 6.08. The van der Waals surface area contributed by atoms with Crippen LogP contribution < -0.4 is 4.57 Å². The number of nitrogens with zero attached hydrogens (tertiary/aromatic N) is 1. The SMILES string of the molecule is Cc1cc(C(C)(C)C)cc(C)c1C[n+]1ccc(C(=O)c2ccccc2)cc1. The summed E-state index contributed by atoms with van der Waals surface area (Å²) in [5.41, 5.74) is 6.94. The molecule has 27 heavy (non-hydrogen) atoms. The smallest absolute Gasteiger partial charge is 0.193 e. The van der Waals surface area contributed by atoms with Gasteiger partial charge in [-0.05, 0) is 36.0 Å². The minimum absolute atomic E-state index is 0.0599. The molecule has 0 aliphatic carbocycles. The first kappa shape index (κ1) is 19.0. The van der Waals surface area contributed by atoms with Crippen LogP contribution in [0.5, 0.6) is 0 Å². The zero-order chi connectivity index (χ0) is 19.6. The number of carbonyl (C=O) groups excluding carboxylic acids is 1. The molecule has 0 aliphatic heterocycles. The van der Waals surface area contributed by atoms with E-state index in [0.29, 0.717) is 5.56 Å². The third kappa shape index (κ3) is 4.33. The number of aromatic nitrogens is 1. The molecule has 0 radical (unpaired) electrons. The summed E-state index contributed by atoms with van der Waals surface area (Å²) in [5, 5.41) is 0. The van der Waals surface area contributed by atoms with Gasteiger partial charge in [0.1, 0.15) is 0 Å². The molecule has 0 bridgehead atoms. The first-order valence-corrected chi connectivity index (χ1v) is 9.45. The molecule has 0 N–H and O–H groups in total. The molecule has 2 nitrogen and oxygen atoms in total. The Labute approximate surface area is 162 Å². The minimum atomic E-state index is 0.0599. The molecule has 138 valence electrons. The lowest BCUT2D eigenvalue weighted by atomic mass is 9.84. The second-order valence-corrected chi connectivity index (χ2v) is 8.29. The van der Waals surface area contributed by atoms with Gasteiger partial charge in [-0.3, -0.25) is 4.79 Å². The van der Waals surface area contributed by atoms with Crippen LogP contribution in [0.2, 0.25) is 0 Å². The average Bonchev–Trinajstić information content (AvgIpc) is 2.64. The van der Waals surface area contributed by atoms with E-state index in [1.54, 1.807) is 0 Å². The molecule has 0 unspecified atom stereocenters. The summed E-state index contributed by atoms with van der Waals surface area (Å²) in [7, 11) is 0. The van der Waals surface area contributed by atoms with Crippen LogP contribution in [0.1, 0.15) is 58.9 Å². The lowest BCUT2D eigenvalue weighted by Crippen LogP contribution is -2.34. The topological polar surface area (TPSA) is 20.9 Å².